The number of benzene rings is 1. The van der Waals surface area contributed by atoms with E-state index >= 15 is 0 Å². The van der Waals surface area contributed by atoms with Gasteiger partial charge >= 0.3 is 6.09 Å². The number of hydrogen-bond donors (Lipinski definition) is 0. The number of ether oxygens (including phenoxy) is 1. The highest BCUT2D eigenvalue weighted by Crippen LogP contribution is 2.25. The highest BCUT2D eigenvalue weighted by atomic mass is 16.6. The van der Waals surface area contributed by atoms with E-state index in [4.69, 9.17) is 4.74 Å². The van der Waals surface area contributed by atoms with Crippen molar-refractivity contribution >= 4 is 11.9 Å². The lowest BCUT2D eigenvalue weighted by molar-refractivity contribution is 0.0180. The first-order valence-electron chi connectivity index (χ1n) is 10.1. The van der Waals surface area contributed by atoms with Gasteiger partial charge in [-0.3, -0.25) is 4.79 Å². The Balaban J connectivity index is 1.78. The van der Waals surface area contributed by atoms with Gasteiger partial charge in [-0.2, -0.15) is 0 Å². The summed E-state index contributed by atoms with van der Waals surface area (Å²) in [4.78, 5) is 26.4. The molecule has 0 saturated carbocycles. The number of hydrogen-bond acceptors (Lipinski definition) is 3. The molecule has 1 amide bonds. The summed E-state index contributed by atoms with van der Waals surface area (Å²) in [5.41, 5.74) is 1.69. The molecular formula is C23H35NO3. The van der Waals surface area contributed by atoms with Crippen LogP contribution in [-0.4, -0.2) is 35.5 Å². The monoisotopic (exact) mass is 373 g/mol. The lowest BCUT2D eigenvalue weighted by Gasteiger charge is -2.33. The predicted octanol–water partition coefficient (Wildman–Crippen LogP) is 5.59. The Morgan fingerprint density at radius 3 is 2.04 bits per heavy atom. The maximum atomic E-state index is 12.5. The van der Waals surface area contributed by atoms with Gasteiger partial charge in [0.25, 0.3) is 0 Å². The maximum absolute atomic E-state index is 12.5. The Hall–Kier alpha value is -1.84. The summed E-state index contributed by atoms with van der Waals surface area (Å²) < 4.78 is 5.43. The standard InChI is InChI=1S/C23H35NO3/c1-22(2,3)19-10-8-18(9-11-19)20(25)12-7-17-13-15-24(16-14-17)21(26)27-23(4,5)6/h8-11,17H,7,12-16H2,1-6H3. The number of Topliss-reactive ketones (excluding diaryl/α,β-unsaturated/α-hetero) is 1. The molecule has 1 aromatic rings. The Morgan fingerprint density at radius 1 is 1.00 bits per heavy atom. The van der Waals surface area contributed by atoms with Crippen LogP contribution < -0.4 is 0 Å². The molecule has 4 heteroatoms. The molecule has 0 aromatic heterocycles. The first-order valence-corrected chi connectivity index (χ1v) is 10.1. The third kappa shape index (κ3) is 6.67. The van der Waals surface area contributed by atoms with Gasteiger partial charge in [-0.1, -0.05) is 45.0 Å². The van der Waals surface area contributed by atoms with E-state index in [1.54, 1.807) is 4.90 Å². The molecule has 0 atom stereocenters. The lowest BCUT2D eigenvalue weighted by Crippen LogP contribution is -2.41. The Morgan fingerprint density at radius 2 is 1.56 bits per heavy atom. The fraction of sp³-hybridized carbons (Fsp3) is 0.652. The molecule has 0 bridgehead atoms. The van der Waals surface area contributed by atoms with Crippen LogP contribution in [0.15, 0.2) is 24.3 Å². The zero-order valence-corrected chi connectivity index (χ0v) is 17.8. The summed E-state index contributed by atoms with van der Waals surface area (Å²) in [6, 6.07) is 8.03. The van der Waals surface area contributed by atoms with E-state index in [1.165, 1.54) is 5.56 Å². The van der Waals surface area contributed by atoms with Crippen LogP contribution in [0.3, 0.4) is 0 Å². The number of likely N-dealkylation sites (tertiary alicyclic amines) is 1. The van der Waals surface area contributed by atoms with E-state index in [0.29, 0.717) is 25.4 Å². The minimum absolute atomic E-state index is 0.101. The van der Waals surface area contributed by atoms with Gasteiger partial charge < -0.3 is 9.64 Å². The summed E-state index contributed by atoms with van der Waals surface area (Å²) in [6.45, 7) is 13.6. The highest BCUT2D eigenvalue weighted by Gasteiger charge is 2.27. The van der Waals surface area contributed by atoms with Gasteiger partial charge in [-0.15, -0.1) is 0 Å². The number of piperidine rings is 1. The topological polar surface area (TPSA) is 46.6 Å². The number of amides is 1. The molecule has 1 aliphatic rings. The van der Waals surface area contributed by atoms with E-state index in [-0.39, 0.29) is 17.3 Å². The fourth-order valence-corrected chi connectivity index (χ4v) is 3.37. The normalized spacial score (nSPS) is 16.3. The lowest BCUT2D eigenvalue weighted by atomic mass is 9.86. The fourth-order valence-electron chi connectivity index (χ4n) is 3.37. The average molecular weight is 374 g/mol. The van der Waals surface area contributed by atoms with Gasteiger partial charge in [-0.05, 0) is 56.9 Å². The minimum Gasteiger partial charge on any atom is -0.444 e. The van der Waals surface area contributed by atoms with Gasteiger partial charge in [0.15, 0.2) is 5.78 Å². The zero-order chi connectivity index (χ0) is 20.2. The first-order chi connectivity index (χ1) is 12.5. The van der Waals surface area contributed by atoms with Crippen molar-refractivity contribution in [3.05, 3.63) is 35.4 Å². The Bertz CT molecular complexity index is 642. The van der Waals surface area contributed by atoms with E-state index in [9.17, 15) is 9.59 Å². The summed E-state index contributed by atoms with van der Waals surface area (Å²) in [5, 5.41) is 0. The van der Waals surface area contributed by atoms with Gasteiger partial charge in [-0.25, -0.2) is 4.79 Å². The van der Waals surface area contributed by atoms with Crippen molar-refractivity contribution in [2.45, 2.75) is 78.2 Å². The number of nitrogens with zero attached hydrogens (tertiary/aromatic N) is 1. The SMILES string of the molecule is CC(C)(C)OC(=O)N1CCC(CCC(=O)c2ccc(C(C)(C)C)cc2)CC1. The molecule has 4 nitrogen and oxygen atoms in total. The summed E-state index contributed by atoms with van der Waals surface area (Å²) in [6.07, 6.45) is 3.12. The van der Waals surface area contributed by atoms with Crippen molar-refractivity contribution in [3.8, 4) is 0 Å². The van der Waals surface area contributed by atoms with Crippen molar-refractivity contribution in [1.29, 1.82) is 0 Å². The summed E-state index contributed by atoms with van der Waals surface area (Å²) in [5.74, 6) is 0.714. The van der Waals surface area contributed by atoms with Gasteiger partial charge in [0, 0.05) is 25.1 Å². The highest BCUT2D eigenvalue weighted by molar-refractivity contribution is 5.96. The molecule has 150 valence electrons. The first kappa shape index (κ1) is 21.5. The van der Waals surface area contributed by atoms with E-state index in [1.807, 2.05) is 32.9 Å². The van der Waals surface area contributed by atoms with Crippen molar-refractivity contribution in [3.63, 3.8) is 0 Å². The number of carbonyl (C=O) groups excluding carboxylic acids is 2. The molecule has 1 aromatic carbocycles. The van der Waals surface area contributed by atoms with Gasteiger partial charge in [0.1, 0.15) is 5.60 Å². The molecule has 1 fully saturated rings. The molecule has 1 saturated heterocycles. The molecular weight excluding hydrogens is 338 g/mol. The van der Waals surface area contributed by atoms with Crippen LogP contribution >= 0.6 is 0 Å². The molecule has 0 unspecified atom stereocenters. The van der Waals surface area contributed by atoms with Gasteiger partial charge in [0.2, 0.25) is 0 Å². The van der Waals surface area contributed by atoms with Crippen molar-refractivity contribution in [2.75, 3.05) is 13.1 Å². The van der Waals surface area contributed by atoms with Crippen LogP contribution in [0.5, 0.6) is 0 Å². The summed E-state index contributed by atoms with van der Waals surface area (Å²) in [7, 11) is 0. The predicted molar refractivity (Wildman–Crippen MR) is 109 cm³/mol. The van der Waals surface area contributed by atoms with E-state index in [0.717, 1.165) is 24.8 Å². The zero-order valence-electron chi connectivity index (χ0n) is 17.8. The maximum Gasteiger partial charge on any atom is 0.410 e. The molecule has 0 N–H and O–H groups in total. The van der Waals surface area contributed by atoms with Crippen molar-refractivity contribution < 1.29 is 14.3 Å². The molecule has 0 aliphatic carbocycles. The second-order valence-corrected chi connectivity index (χ2v) is 9.70. The van der Waals surface area contributed by atoms with Crippen LogP contribution in [0.4, 0.5) is 4.79 Å². The summed E-state index contributed by atoms with van der Waals surface area (Å²) >= 11 is 0. The van der Waals surface area contributed by atoms with Crippen LogP contribution in [0.25, 0.3) is 0 Å². The molecule has 1 heterocycles. The van der Waals surface area contributed by atoms with Crippen LogP contribution in [0, 0.1) is 5.92 Å². The third-order valence-electron chi connectivity index (χ3n) is 5.12. The number of rotatable bonds is 4. The van der Waals surface area contributed by atoms with Crippen LogP contribution in [-0.2, 0) is 10.2 Å². The second-order valence-electron chi connectivity index (χ2n) is 9.70. The second kappa shape index (κ2) is 8.45. The number of carbonyl (C=O) groups is 2. The van der Waals surface area contributed by atoms with Crippen molar-refractivity contribution in [2.24, 2.45) is 5.92 Å². The van der Waals surface area contributed by atoms with Gasteiger partial charge in [0.05, 0.1) is 0 Å². The third-order valence-corrected chi connectivity index (χ3v) is 5.12. The Labute approximate surface area is 164 Å². The van der Waals surface area contributed by atoms with Crippen molar-refractivity contribution in [1.82, 2.24) is 4.90 Å². The van der Waals surface area contributed by atoms with Crippen LogP contribution in [0.1, 0.15) is 83.1 Å². The molecule has 2 rings (SSSR count). The van der Waals surface area contributed by atoms with E-state index < -0.39 is 5.60 Å². The minimum atomic E-state index is -0.455. The smallest absolute Gasteiger partial charge is 0.410 e. The Kier molecular flexibility index (Phi) is 6.72. The molecule has 0 radical (unpaired) electrons. The molecule has 0 spiro atoms. The largest absolute Gasteiger partial charge is 0.444 e. The average Bonchev–Trinajstić information content (AvgIpc) is 2.58. The quantitative estimate of drug-likeness (QED) is 0.646. The molecule has 27 heavy (non-hydrogen) atoms. The van der Waals surface area contributed by atoms with Crippen LogP contribution in [0.2, 0.25) is 0 Å². The number of ketones is 1. The molecule has 1 aliphatic heterocycles. The van der Waals surface area contributed by atoms with E-state index in [2.05, 4.69) is 32.9 Å².